The molecule has 0 heterocycles. The first-order valence-corrected chi connectivity index (χ1v) is 8.49. The molecule has 0 aliphatic heterocycles. The van der Waals surface area contributed by atoms with Crippen molar-refractivity contribution in [2.24, 2.45) is 20.5 Å². The molecule has 126 valence electrons. The van der Waals surface area contributed by atoms with Gasteiger partial charge in [0.25, 0.3) is 0 Å². The fourth-order valence-corrected chi connectivity index (χ4v) is 3.18. The van der Waals surface area contributed by atoms with E-state index in [2.05, 4.69) is 45.6 Å². The maximum Gasteiger partial charge on any atom is 0.0936 e. The first-order chi connectivity index (χ1) is 12.8. The lowest BCUT2D eigenvalue weighted by atomic mass is 10.0. The molecule has 0 radical (unpaired) electrons. The predicted octanol–water partition coefficient (Wildman–Crippen LogP) is 7.43. The highest BCUT2D eigenvalue weighted by Gasteiger charge is 2.06. The summed E-state index contributed by atoms with van der Waals surface area (Å²) in [5.41, 5.74) is 3.76. The van der Waals surface area contributed by atoms with Gasteiger partial charge in [0.1, 0.15) is 0 Å². The fraction of sp³-hybridized carbons (Fsp3) is 0.0909. The van der Waals surface area contributed by atoms with Crippen molar-refractivity contribution in [1.29, 1.82) is 0 Å². The number of aryl methyl sites for hydroxylation is 1. The van der Waals surface area contributed by atoms with Crippen LogP contribution in [-0.4, -0.2) is 7.05 Å². The minimum absolute atomic E-state index is 0.820. The van der Waals surface area contributed by atoms with Crippen molar-refractivity contribution in [3.8, 4) is 0 Å². The molecule has 0 saturated carbocycles. The standard InChI is InChI=1S/C22H18N4/c1-15-11-12-21(17-8-4-3-7-16(15)17)25-26-22-14-13-20(24-23-2)18-9-5-6-10-19(18)22/h3-14H,1-2H3. The van der Waals surface area contributed by atoms with Crippen molar-refractivity contribution in [1.82, 2.24) is 0 Å². The van der Waals surface area contributed by atoms with Gasteiger partial charge in [-0.3, -0.25) is 0 Å². The third-order valence-corrected chi connectivity index (χ3v) is 4.47. The van der Waals surface area contributed by atoms with Crippen LogP contribution in [0.25, 0.3) is 21.5 Å². The zero-order valence-electron chi connectivity index (χ0n) is 14.7. The van der Waals surface area contributed by atoms with Gasteiger partial charge in [0.15, 0.2) is 0 Å². The second-order valence-corrected chi connectivity index (χ2v) is 6.10. The summed E-state index contributed by atoms with van der Waals surface area (Å²) in [5.74, 6) is 0. The highest BCUT2D eigenvalue weighted by molar-refractivity contribution is 6.00. The minimum Gasteiger partial charge on any atom is -0.192 e. The summed E-state index contributed by atoms with van der Waals surface area (Å²) in [7, 11) is 1.67. The molecule has 0 spiro atoms. The summed E-state index contributed by atoms with van der Waals surface area (Å²) in [6.07, 6.45) is 0. The lowest BCUT2D eigenvalue weighted by Crippen LogP contribution is -1.78. The Morgan fingerprint density at radius 2 is 0.923 bits per heavy atom. The summed E-state index contributed by atoms with van der Waals surface area (Å²) in [4.78, 5) is 0. The van der Waals surface area contributed by atoms with Gasteiger partial charge in [0.05, 0.1) is 17.1 Å². The SMILES string of the molecule is CN=Nc1ccc(N=Nc2ccc(C)c3ccccc23)c2ccccc12. The summed E-state index contributed by atoms with van der Waals surface area (Å²) in [6.45, 7) is 2.11. The van der Waals surface area contributed by atoms with Gasteiger partial charge >= 0.3 is 0 Å². The van der Waals surface area contributed by atoms with Crippen LogP contribution in [0.15, 0.2) is 93.3 Å². The molecule has 0 unspecified atom stereocenters. The Kier molecular flexibility index (Phi) is 4.23. The largest absolute Gasteiger partial charge is 0.192 e. The average molecular weight is 338 g/mol. The van der Waals surface area contributed by atoms with Gasteiger partial charge in [-0.25, -0.2) is 0 Å². The topological polar surface area (TPSA) is 49.4 Å². The van der Waals surface area contributed by atoms with E-state index in [1.165, 1.54) is 10.9 Å². The number of nitrogens with zero attached hydrogens (tertiary/aromatic N) is 4. The first-order valence-electron chi connectivity index (χ1n) is 8.49. The highest BCUT2D eigenvalue weighted by atomic mass is 15.1. The van der Waals surface area contributed by atoms with Crippen molar-refractivity contribution in [2.75, 3.05) is 7.05 Å². The normalized spacial score (nSPS) is 11.9. The van der Waals surface area contributed by atoms with Crippen molar-refractivity contribution >= 4 is 38.6 Å². The molecular formula is C22H18N4. The molecule has 4 aromatic carbocycles. The lowest BCUT2D eigenvalue weighted by Gasteiger charge is -2.06. The Morgan fingerprint density at radius 1 is 0.500 bits per heavy atom. The van der Waals surface area contributed by atoms with E-state index in [1.54, 1.807) is 7.05 Å². The Bertz CT molecular complexity index is 1160. The number of hydrogen-bond acceptors (Lipinski definition) is 4. The highest BCUT2D eigenvalue weighted by Crippen LogP contribution is 2.35. The van der Waals surface area contributed by atoms with Gasteiger partial charge in [0, 0.05) is 23.2 Å². The van der Waals surface area contributed by atoms with Gasteiger partial charge in [-0.15, -0.1) is 10.2 Å². The second-order valence-electron chi connectivity index (χ2n) is 6.10. The monoisotopic (exact) mass is 338 g/mol. The van der Waals surface area contributed by atoms with Gasteiger partial charge in [-0.2, -0.15) is 10.2 Å². The molecule has 0 aliphatic rings. The molecule has 4 heteroatoms. The van der Waals surface area contributed by atoms with Crippen molar-refractivity contribution in [3.05, 3.63) is 78.4 Å². The molecule has 0 fully saturated rings. The van der Waals surface area contributed by atoms with Crippen LogP contribution >= 0.6 is 0 Å². The molecule has 0 amide bonds. The van der Waals surface area contributed by atoms with Crippen LogP contribution in [0.4, 0.5) is 17.1 Å². The Hall–Kier alpha value is -3.40. The van der Waals surface area contributed by atoms with Gasteiger partial charge in [-0.05, 0) is 36.1 Å². The Labute approximate surface area is 151 Å². The third-order valence-electron chi connectivity index (χ3n) is 4.47. The molecule has 0 atom stereocenters. The van der Waals surface area contributed by atoms with Crippen molar-refractivity contribution in [3.63, 3.8) is 0 Å². The van der Waals surface area contributed by atoms with E-state index >= 15 is 0 Å². The quantitative estimate of drug-likeness (QED) is 0.349. The third kappa shape index (κ3) is 2.86. The fourth-order valence-electron chi connectivity index (χ4n) is 3.18. The molecule has 0 aromatic heterocycles. The molecule has 0 aliphatic carbocycles. The second kappa shape index (κ2) is 6.84. The van der Waals surface area contributed by atoms with Gasteiger partial charge in [0.2, 0.25) is 0 Å². The molecule has 4 nitrogen and oxygen atoms in total. The predicted molar refractivity (Wildman–Crippen MR) is 107 cm³/mol. The van der Waals surface area contributed by atoms with Crippen molar-refractivity contribution in [2.45, 2.75) is 6.92 Å². The smallest absolute Gasteiger partial charge is 0.0936 e. The van der Waals surface area contributed by atoms with E-state index in [0.29, 0.717) is 0 Å². The van der Waals surface area contributed by atoms with Gasteiger partial charge in [-0.1, -0.05) is 54.6 Å². The number of hydrogen-bond donors (Lipinski definition) is 0. The van der Waals surface area contributed by atoms with Crippen LogP contribution in [-0.2, 0) is 0 Å². The zero-order valence-corrected chi connectivity index (χ0v) is 14.7. The van der Waals surface area contributed by atoms with E-state index in [1.807, 2.05) is 54.6 Å². The van der Waals surface area contributed by atoms with Crippen molar-refractivity contribution < 1.29 is 0 Å². The summed E-state index contributed by atoms with van der Waals surface area (Å²) < 4.78 is 0. The van der Waals surface area contributed by atoms with E-state index < -0.39 is 0 Å². The molecule has 4 aromatic rings. The van der Waals surface area contributed by atoms with Gasteiger partial charge < -0.3 is 0 Å². The molecule has 0 saturated heterocycles. The Balaban J connectivity index is 1.84. The number of azo groups is 2. The summed E-state index contributed by atoms with van der Waals surface area (Å²) in [5, 5.41) is 21.5. The Morgan fingerprint density at radius 3 is 1.46 bits per heavy atom. The number of rotatable bonds is 3. The average Bonchev–Trinajstić information content (AvgIpc) is 2.69. The maximum atomic E-state index is 4.54. The summed E-state index contributed by atoms with van der Waals surface area (Å²) >= 11 is 0. The lowest BCUT2D eigenvalue weighted by molar-refractivity contribution is 1.17. The van der Waals surface area contributed by atoms with Crippen LogP contribution in [0.5, 0.6) is 0 Å². The zero-order chi connectivity index (χ0) is 17.9. The number of benzene rings is 4. The molecule has 4 rings (SSSR count). The molecule has 0 N–H and O–H groups in total. The minimum atomic E-state index is 0.820. The van der Waals surface area contributed by atoms with E-state index in [4.69, 9.17) is 0 Å². The maximum absolute atomic E-state index is 4.54. The first kappa shape index (κ1) is 16.1. The van der Waals surface area contributed by atoms with E-state index in [9.17, 15) is 0 Å². The van der Waals surface area contributed by atoms with Crippen LogP contribution in [0.3, 0.4) is 0 Å². The molecular weight excluding hydrogens is 320 g/mol. The van der Waals surface area contributed by atoms with Crippen LogP contribution < -0.4 is 0 Å². The van der Waals surface area contributed by atoms with E-state index in [-0.39, 0.29) is 0 Å². The van der Waals surface area contributed by atoms with Crippen LogP contribution in [0.2, 0.25) is 0 Å². The van der Waals surface area contributed by atoms with Crippen LogP contribution in [0, 0.1) is 6.92 Å². The molecule has 0 bridgehead atoms. The number of fused-ring (bicyclic) bond motifs is 2. The summed E-state index contributed by atoms with van der Waals surface area (Å²) in [6, 6.07) is 24.3. The molecule has 26 heavy (non-hydrogen) atoms. The van der Waals surface area contributed by atoms with Crippen LogP contribution in [0.1, 0.15) is 5.56 Å². The van der Waals surface area contributed by atoms with E-state index in [0.717, 1.165) is 33.2 Å².